The standard InChI is InChI=1S/C19H21N3O5/c23-17(20-9-3-5-12-4-1-2-6-16(12)20)11-21-18(24)14-8-7-13(22(26)27)10-15(14)19(21)25/h7-8,10,12,16H,1-6,9,11H2/t12-,16+/m1/s1. The minimum Gasteiger partial charge on any atom is -0.338 e. The number of benzene rings is 1. The van der Waals surface area contributed by atoms with Crippen LogP contribution in [0.2, 0.25) is 0 Å². The number of likely N-dealkylation sites (tertiary alicyclic amines) is 1. The summed E-state index contributed by atoms with van der Waals surface area (Å²) >= 11 is 0. The first-order valence-electron chi connectivity index (χ1n) is 9.41. The lowest BCUT2D eigenvalue weighted by atomic mass is 9.78. The van der Waals surface area contributed by atoms with Gasteiger partial charge in [-0.15, -0.1) is 0 Å². The molecule has 0 N–H and O–H groups in total. The average molecular weight is 371 g/mol. The van der Waals surface area contributed by atoms with Crippen molar-refractivity contribution in [2.24, 2.45) is 5.92 Å². The molecule has 1 aliphatic carbocycles. The van der Waals surface area contributed by atoms with Crippen molar-refractivity contribution in [2.45, 2.75) is 44.6 Å². The third-order valence-corrected chi connectivity index (χ3v) is 6.02. The molecule has 3 amide bonds. The lowest BCUT2D eigenvalue weighted by Gasteiger charge is -2.44. The lowest BCUT2D eigenvalue weighted by molar-refractivity contribution is -0.384. The van der Waals surface area contributed by atoms with Crippen molar-refractivity contribution in [1.29, 1.82) is 0 Å². The largest absolute Gasteiger partial charge is 0.338 e. The van der Waals surface area contributed by atoms with Gasteiger partial charge in [0.1, 0.15) is 6.54 Å². The number of hydrogen-bond donors (Lipinski definition) is 0. The Bertz CT molecular complexity index is 835. The Morgan fingerprint density at radius 2 is 1.78 bits per heavy atom. The van der Waals surface area contributed by atoms with Crippen LogP contribution in [0, 0.1) is 16.0 Å². The Morgan fingerprint density at radius 3 is 2.56 bits per heavy atom. The Balaban J connectivity index is 1.52. The number of non-ortho nitro benzene ring substituents is 1. The fourth-order valence-electron chi connectivity index (χ4n) is 4.70. The van der Waals surface area contributed by atoms with Gasteiger partial charge in [0.15, 0.2) is 0 Å². The molecule has 8 heteroatoms. The van der Waals surface area contributed by atoms with E-state index in [9.17, 15) is 24.5 Å². The van der Waals surface area contributed by atoms with Crippen LogP contribution in [-0.4, -0.2) is 51.6 Å². The molecule has 2 fully saturated rings. The minimum atomic E-state index is -0.635. The van der Waals surface area contributed by atoms with Gasteiger partial charge in [0, 0.05) is 24.7 Å². The fourth-order valence-corrected chi connectivity index (χ4v) is 4.70. The van der Waals surface area contributed by atoms with Crippen molar-refractivity contribution in [2.75, 3.05) is 13.1 Å². The summed E-state index contributed by atoms with van der Waals surface area (Å²) in [6.07, 6.45) is 6.48. The van der Waals surface area contributed by atoms with Crippen molar-refractivity contribution in [3.8, 4) is 0 Å². The molecule has 2 atom stereocenters. The molecule has 142 valence electrons. The molecule has 8 nitrogen and oxygen atoms in total. The normalized spacial score (nSPS) is 24.6. The van der Waals surface area contributed by atoms with Crippen LogP contribution in [0.3, 0.4) is 0 Å². The van der Waals surface area contributed by atoms with E-state index in [4.69, 9.17) is 0 Å². The van der Waals surface area contributed by atoms with E-state index in [1.165, 1.54) is 18.6 Å². The van der Waals surface area contributed by atoms with Gasteiger partial charge in [-0.2, -0.15) is 0 Å². The van der Waals surface area contributed by atoms with Crippen LogP contribution in [0.25, 0.3) is 0 Å². The van der Waals surface area contributed by atoms with E-state index in [1.807, 2.05) is 4.90 Å². The second kappa shape index (κ2) is 6.75. The molecule has 0 radical (unpaired) electrons. The van der Waals surface area contributed by atoms with Gasteiger partial charge >= 0.3 is 0 Å². The molecule has 4 rings (SSSR count). The Hall–Kier alpha value is -2.77. The summed E-state index contributed by atoms with van der Waals surface area (Å²) in [5.41, 5.74) is -0.132. The maximum atomic E-state index is 12.9. The SMILES string of the molecule is O=C1c2ccc([N+](=O)[O-])cc2C(=O)N1CC(=O)N1CCC[C@H]2CCCC[C@@H]21. The molecule has 1 saturated heterocycles. The molecule has 3 aliphatic rings. The fraction of sp³-hybridized carbons (Fsp3) is 0.526. The molecule has 1 aromatic carbocycles. The first-order valence-corrected chi connectivity index (χ1v) is 9.41. The maximum Gasteiger partial charge on any atom is 0.270 e. The second-order valence-corrected chi connectivity index (χ2v) is 7.52. The number of carbonyl (C=O) groups is 3. The number of nitro benzene ring substituents is 1. The zero-order valence-corrected chi connectivity index (χ0v) is 14.9. The summed E-state index contributed by atoms with van der Waals surface area (Å²) < 4.78 is 0. The summed E-state index contributed by atoms with van der Waals surface area (Å²) in [6.45, 7) is 0.359. The number of rotatable bonds is 3. The quantitative estimate of drug-likeness (QED) is 0.461. The van der Waals surface area contributed by atoms with E-state index in [-0.39, 0.29) is 35.3 Å². The van der Waals surface area contributed by atoms with Crippen LogP contribution in [0.5, 0.6) is 0 Å². The van der Waals surface area contributed by atoms with E-state index in [0.29, 0.717) is 12.5 Å². The molecule has 0 spiro atoms. The lowest BCUT2D eigenvalue weighted by Crippen LogP contribution is -2.53. The van der Waals surface area contributed by atoms with Gasteiger partial charge in [-0.3, -0.25) is 29.4 Å². The summed E-state index contributed by atoms with van der Waals surface area (Å²) in [6, 6.07) is 3.80. The van der Waals surface area contributed by atoms with Crippen molar-refractivity contribution in [3.63, 3.8) is 0 Å². The number of amides is 3. The van der Waals surface area contributed by atoms with Crippen molar-refractivity contribution in [3.05, 3.63) is 39.4 Å². The van der Waals surface area contributed by atoms with Crippen LogP contribution < -0.4 is 0 Å². The zero-order valence-electron chi connectivity index (χ0n) is 14.9. The van der Waals surface area contributed by atoms with Gasteiger partial charge in [-0.1, -0.05) is 12.8 Å². The van der Waals surface area contributed by atoms with Crippen molar-refractivity contribution >= 4 is 23.4 Å². The van der Waals surface area contributed by atoms with E-state index in [1.54, 1.807) is 0 Å². The smallest absolute Gasteiger partial charge is 0.270 e. The van der Waals surface area contributed by atoms with Crippen LogP contribution in [0.15, 0.2) is 18.2 Å². The third kappa shape index (κ3) is 2.98. The molecule has 27 heavy (non-hydrogen) atoms. The number of imide groups is 1. The second-order valence-electron chi connectivity index (χ2n) is 7.52. The molecule has 1 aromatic rings. The number of fused-ring (bicyclic) bond motifs is 2. The summed E-state index contributed by atoms with van der Waals surface area (Å²) in [5.74, 6) is -0.892. The van der Waals surface area contributed by atoms with Crippen molar-refractivity contribution < 1.29 is 19.3 Å². The average Bonchev–Trinajstić information content (AvgIpc) is 2.91. The Labute approximate surface area is 156 Å². The Morgan fingerprint density at radius 1 is 1.07 bits per heavy atom. The highest BCUT2D eigenvalue weighted by Gasteiger charge is 2.41. The van der Waals surface area contributed by atoms with Gasteiger partial charge in [0.2, 0.25) is 5.91 Å². The molecule has 0 unspecified atom stereocenters. The third-order valence-electron chi connectivity index (χ3n) is 6.02. The number of hydrogen-bond acceptors (Lipinski definition) is 5. The van der Waals surface area contributed by atoms with Crippen molar-refractivity contribution in [1.82, 2.24) is 9.80 Å². The molecule has 2 aliphatic heterocycles. The molecule has 0 aromatic heterocycles. The molecular weight excluding hydrogens is 350 g/mol. The van der Waals surface area contributed by atoms with Gasteiger partial charge in [0.25, 0.3) is 17.5 Å². The van der Waals surface area contributed by atoms with E-state index < -0.39 is 16.7 Å². The van der Waals surface area contributed by atoms with Gasteiger partial charge in [0.05, 0.1) is 16.1 Å². The number of nitro groups is 1. The van der Waals surface area contributed by atoms with Crippen LogP contribution in [-0.2, 0) is 4.79 Å². The first kappa shape index (κ1) is 17.6. The van der Waals surface area contributed by atoms with E-state index >= 15 is 0 Å². The van der Waals surface area contributed by atoms with Gasteiger partial charge in [-0.05, 0) is 37.7 Å². The zero-order chi connectivity index (χ0) is 19.1. The number of nitrogens with zero attached hydrogens (tertiary/aromatic N) is 3. The minimum absolute atomic E-state index is 0.00353. The molecule has 2 heterocycles. The van der Waals surface area contributed by atoms with Gasteiger partial charge in [-0.25, -0.2) is 0 Å². The molecular formula is C19H21N3O5. The van der Waals surface area contributed by atoms with Crippen LogP contribution in [0.1, 0.15) is 59.2 Å². The number of piperidine rings is 1. The predicted octanol–water partition coefficient (Wildman–Crippen LogP) is 2.37. The monoisotopic (exact) mass is 371 g/mol. The van der Waals surface area contributed by atoms with E-state index in [2.05, 4.69) is 0 Å². The highest BCUT2D eigenvalue weighted by atomic mass is 16.6. The summed E-state index contributed by atoms with van der Waals surface area (Å²) in [5, 5.41) is 10.9. The van der Waals surface area contributed by atoms with Crippen LogP contribution in [0.4, 0.5) is 5.69 Å². The van der Waals surface area contributed by atoms with Gasteiger partial charge < -0.3 is 4.90 Å². The predicted molar refractivity (Wildman–Crippen MR) is 95.2 cm³/mol. The summed E-state index contributed by atoms with van der Waals surface area (Å²) in [7, 11) is 0. The number of carbonyl (C=O) groups excluding carboxylic acids is 3. The Kier molecular flexibility index (Phi) is 4.41. The topological polar surface area (TPSA) is 101 Å². The van der Waals surface area contributed by atoms with Crippen LogP contribution >= 0.6 is 0 Å². The molecule has 1 saturated carbocycles. The summed E-state index contributed by atoms with van der Waals surface area (Å²) in [4.78, 5) is 51.1. The highest BCUT2D eigenvalue weighted by Crippen LogP contribution is 2.35. The first-order chi connectivity index (χ1) is 13.0. The molecule has 0 bridgehead atoms. The maximum absolute atomic E-state index is 12.9. The highest BCUT2D eigenvalue weighted by molar-refractivity contribution is 6.22. The van der Waals surface area contributed by atoms with E-state index in [0.717, 1.165) is 43.1 Å².